The quantitative estimate of drug-likeness (QED) is 0.152. The van der Waals surface area contributed by atoms with Gasteiger partial charge in [0.05, 0.1) is 0 Å². The Hall–Kier alpha value is -0.520. The summed E-state index contributed by atoms with van der Waals surface area (Å²) in [6, 6.07) is 0. The van der Waals surface area contributed by atoms with Crippen molar-refractivity contribution in [3.05, 3.63) is 24.3 Å². The van der Waals surface area contributed by atoms with Crippen molar-refractivity contribution in [1.82, 2.24) is 0 Å². The molecule has 0 amide bonds. The second kappa shape index (κ2) is 23.5. The molecule has 0 heteroatoms. The van der Waals surface area contributed by atoms with Crippen molar-refractivity contribution in [2.45, 2.75) is 136 Å². The molecule has 0 unspecified atom stereocenters. The number of hydrogen-bond donors (Lipinski definition) is 0. The van der Waals surface area contributed by atoms with Crippen LogP contribution in [0.15, 0.2) is 24.3 Å². The zero-order valence-electron chi connectivity index (χ0n) is 17.7. The average Bonchev–Trinajstić information content (AvgIpc) is 2.63. The highest BCUT2D eigenvalue weighted by molar-refractivity contribution is 4.76. The summed E-state index contributed by atoms with van der Waals surface area (Å²) in [6.07, 6.45) is 36.3. The number of hydrogen-bond acceptors (Lipinski definition) is 0. The topological polar surface area (TPSA) is 0 Å². The molecule has 0 aliphatic carbocycles. The molecule has 0 aromatic heterocycles. The van der Waals surface area contributed by atoms with Gasteiger partial charge in [-0.1, -0.05) is 121 Å². The van der Waals surface area contributed by atoms with Crippen LogP contribution in [-0.4, -0.2) is 0 Å². The van der Waals surface area contributed by atoms with E-state index in [-0.39, 0.29) is 0 Å². The zero-order chi connectivity index (χ0) is 18.3. The molecule has 25 heavy (non-hydrogen) atoms. The van der Waals surface area contributed by atoms with Crippen LogP contribution in [-0.2, 0) is 0 Å². The predicted molar refractivity (Wildman–Crippen MR) is 117 cm³/mol. The van der Waals surface area contributed by atoms with Crippen LogP contribution in [0.3, 0.4) is 0 Å². The molecule has 0 bridgehead atoms. The minimum atomic E-state index is 1.28. The van der Waals surface area contributed by atoms with Crippen molar-refractivity contribution in [2.75, 3.05) is 0 Å². The van der Waals surface area contributed by atoms with E-state index in [1.54, 1.807) is 0 Å². The van der Waals surface area contributed by atoms with E-state index < -0.39 is 0 Å². The molecule has 0 saturated carbocycles. The third-order valence-corrected chi connectivity index (χ3v) is 5.21. The van der Waals surface area contributed by atoms with Gasteiger partial charge in [-0.2, -0.15) is 0 Å². The largest absolute Gasteiger partial charge is 0.0917 e. The Morgan fingerprint density at radius 2 is 0.520 bits per heavy atom. The van der Waals surface area contributed by atoms with E-state index in [0.717, 1.165) is 0 Å². The van der Waals surface area contributed by atoms with Gasteiger partial charge in [-0.3, -0.25) is 0 Å². The van der Waals surface area contributed by atoms with Gasteiger partial charge in [0.15, 0.2) is 0 Å². The molecule has 0 N–H and O–H groups in total. The van der Waals surface area contributed by atoms with Gasteiger partial charge in [-0.15, -0.1) is 0 Å². The number of rotatable bonds is 20. The van der Waals surface area contributed by atoms with E-state index in [4.69, 9.17) is 0 Å². The third kappa shape index (κ3) is 23.5. The standard InChI is InChI=1S/C25H48/c1-3-5-7-9-11-13-15-17-19-21-23-25-24-22-20-18-16-14-12-10-8-6-4-2/h3-6H,7-25H2,1-2H3. The van der Waals surface area contributed by atoms with Crippen LogP contribution in [0, 0.1) is 0 Å². The Morgan fingerprint density at radius 3 is 0.720 bits per heavy atom. The Bertz CT molecular complexity index is 246. The van der Waals surface area contributed by atoms with Gasteiger partial charge in [0.1, 0.15) is 0 Å². The van der Waals surface area contributed by atoms with Crippen LogP contribution in [0.25, 0.3) is 0 Å². The SMILES string of the molecule is CC=CCCCCCCCCCCCCCCCCCCCC=CC. The molecule has 0 nitrogen and oxygen atoms in total. The molecule has 0 aliphatic rings. The lowest BCUT2D eigenvalue weighted by Crippen LogP contribution is -1.84. The maximum absolute atomic E-state index is 2.30. The summed E-state index contributed by atoms with van der Waals surface area (Å²) in [5.41, 5.74) is 0. The maximum Gasteiger partial charge on any atom is -0.0351 e. The number of allylic oxidation sites excluding steroid dienone is 4. The molecular weight excluding hydrogens is 300 g/mol. The molecule has 148 valence electrons. The summed E-state index contributed by atoms with van der Waals surface area (Å²) >= 11 is 0. The Labute approximate surface area is 160 Å². The lowest BCUT2D eigenvalue weighted by atomic mass is 10.0. The van der Waals surface area contributed by atoms with Crippen molar-refractivity contribution in [1.29, 1.82) is 0 Å². The lowest BCUT2D eigenvalue weighted by molar-refractivity contribution is 0.526. The monoisotopic (exact) mass is 348 g/mol. The molecule has 0 heterocycles. The summed E-state index contributed by atoms with van der Waals surface area (Å²) in [7, 11) is 0. The molecule has 0 radical (unpaired) electrons. The first kappa shape index (κ1) is 24.5. The highest BCUT2D eigenvalue weighted by Crippen LogP contribution is 2.14. The van der Waals surface area contributed by atoms with Crippen LogP contribution in [0.5, 0.6) is 0 Å². The van der Waals surface area contributed by atoms with Crippen molar-refractivity contribution in [2.24, 2.45) is 0 Å². The molecule has 0 aromatic rings. The maximum atomic E-state index is 2.30. The summed E-state index contributed by atoms with van der Waals surface area (Å²) in [5.74, 6) is 0. The van der Waals surface area contributed by atoms with Crippen molar-refractivity contribution >= 4 is 0 Å². The lowest BCUT2D eigenvalue weighted by Gasteiger charge is -2.03. The molecule has 0 atom stereocenters. The Morgan fingerprint density at radius 1 is 0.320 bits per heavy atom. The fraction of sp³-hybridized carbons (Fsp3) is 0.840. The van der Waals surface area contributed by atoms with E-state index in [9.17, 15) is 0 Å². The summed E-state index contributed by atoms with van der Waals surface area (Å²) < 4.78 is 0. The van der Waals surface area contributed by atoms with E-state index in [0.29, 0.717) is 0 Å². The summed E-state index contributed by atoms with van der Waals surface area (Å²) in [4.78, 5) is 0. The van der Waals surface area contributed by atoms with E-state index in [1.807, 2.05) is 0 Å². The van der Waals surface area contributed by atoms with Crippen LogP contribution in [0.2, 0.25) is 0 Å². The number of unbranched alkanes of at least 4 members (excludes halogenated alkanes) is 18. The van der Waals surface area contributed by atoms with Gasteiger partial charge in [-0.25, -0.2) is 0 Å². The van der Waals surface area contributed by atoms with Crippen molar-refractivity contribution in [3.63, 3.8) is 0 Å². The highest BCUT2D eigenvalue weighted by Gasteiger charge is 1.94. The van der Waals surface area contributed by atoms with Gasteiger partial charge >= 0.3 is 0 Å². The van der Waals surface area contributed by atoms with E-state index in [1.165, 1.54) is 122 Å². The molecule has 0 aromatic carbocycles. The fourth-order valence-corrected chi connectivity index (χ4v) is 3.51. The van der Waals surface area contributed by atoms with E-state index >= 15 is 0 Å². The van der Waals surface area contributed by atoms with E-state index in [2.05, 4.69) is 38.2 Å². The van der Waals surface area contributed by atoms with Gasteiger partial charge in [0.25, 0.3) is 0 Å². The van der Waals surface area contributed by atoms with Crippen LogP contribution in [0.4, 0.5) is 0 Å². The van der Waals surface area contributed by atoms with Crippen LogP contribution < -0.4 is 0 Å². The van der Waals surface area contributed by atoms with Gasteiger partial charge < -0.3 is 0 Å². The first-order chi connectivity index (χ1) is 12.4. The van der Waals surface area contributed by atoms with Gasteiger partial charge in [-0.05, 0) is 39.5 Å². The first-order valence-electron chi connectivity index (χ1n) is 11.6. The minimum absolute atomic E-state index is 1.28. The second-order valence-corrected chi connectivity index (χ2v) is 7.73. The van der Waals surface area contributed by atoms with Gasteiger partial charge in [0.2, 0.25) is 0 Å². The molecule has 0 spiro atoms. The highest BCUT2D eigenvalue weighted by atomic mass is 14.0. The van der Waals surface area contributed by atoms with Crippen LogP contribution >= 0.6 is 0 Å². The third-order valence-electron chi connectivity index (χ3n) is 5.21. The smallest absolute Gasteiger partial charge is 0.0351 e. The molecule has 0 aliphatic heterocycles. The molecule has 0 rings (SSSR count). The fourth-order valence-electron chi connectivity index (χ4n) is 3.51. The molecular formula is C25H48. The average molecular weight is 349 g/mol. The summed E-state index contributed by atoms with van der Waals surface area (Å²) in [6.45, 7) is 4.24. The van der Waals surface area contributed by atoms with Crippen LogP contribution in [0.1, 0.15) is 136 Å². The Balaban J connectivity index is 2.98. The summed E-state index contributed by atoms with van der Waals surface area (Å²) in [5, 5.41) is 0. The molecule has 0 saturated heterocycles. The second-order valence-electron chi connectivity index (χ2n) is 7.73. The zero-order valence-corrected chi connectivity index (χ0v) is 17.7. The van der Waals surface area contributed by atoms with Gasteiger partial charge in [0, 0.05) is 0 Å². The minimum Gasteiger partial charge on any atom is -0.0917 e. The molecule has 0 fully saturated rings. The predicted octanol–water partition coefficient (Wildman–Crippen LogP) is 9.55. The van der Waals surface area contributed by atoms with Crippen molar-refractivity contribution < 1.29 is 0 Å². The first-order valence-corrected chi connectivity index (χ1v) is 11.6. The Kier molecular flexibility index (Phi) is 23.0. The van der Waals surface area contributed by atoms with Crippen molar-refractivity contribution in [3.8, 4) is 0 Å². The normalized spacial score (nSPS) is 11.9.